The van der Waals surface area contributed by atoms with Crippen molar-refractivity contribution in [3.05, 3.63) is 62.2 Å². The number of carbonyl (C=O) groups excluding carboxylic acids is 1. The Morgan fingerprint density at radius 2 is 1.86 bits per heavy atom. The number of nitrogens with one attached hydrogen (secondary N) is 1. The molecule has 0 fully saturated rings. The van der Waals surface area contributed by atoms with Crippen molar-refractivity contribution < 1.29 is 4.79 Å². The van der Waals surface area contributed by atoms with Crippen molar-refractivity contribution in [3.63, 3.8) is 0 Å². The molecule has 1 N–H and O–H groups in total. The lowest BCUT2D eigenvalue weighted by molar-refractivity contribution is 0.0951. The minimum atomic E-state index is -0.120. The van der Waals surface area contributed by atoms with Crippen molar-refractivity contribution in [1.29, 1.82) is 0 Å². The Hall–Kier alpha value is -1.27. The molecule has 2 aromatic carbocycles. The number of amides is 1. The third-order valence-electron chi connectivity index (χ3n) is 3.09. The smallest absolute Gasteiger partial charge is 0.251 e. The Kier molecular flexibility index (Phi) is 5.47. The number of rotatable bonds is 4. The van der Waals surface area contributed by atoms with E-state index in [1.54, 1.807) is 12.1 Å². The van der Waals surface area contributed by atoms with Crippen LogP contribution in [0.5, 0.6) is 0 Å². The van der Waals surface area contributed by atoms with E-state index < -0.39 is 0 Å². The van der Waals surface area contributed by atoms with Gasteiger partial charge in [0.1, 0.15) is 0 Å². The fraction of sp³-hybridized carbons (Fsp3) is 0.188. The van der Waals surface area contributed by atoms with Crippen molar-refractivity contribution in [1.82, 2.24) is 5.32 Å². The Morgan fingerprint density at radius 3 is 2.43 bits per heavy atom. The molecule has 0 aliphatic heterocycles. The summed E-state index contributed by atoms with van der Waals surface area (Å²) in [5, 5.41) is 3.49. The summed E-state index contributed by atoms with van der Waals surface area (Å²) in [7, 11) is 3.99. The van der Waals surface area contributed by atoms with Crippen LogP contribution in [0.2, 0.25) is 5.02 Å². The second-order valence-electron chi connectivity index (χ2n) is 4.87. The van der Waals surface area contributed by atoms with Crippen LogP contribution in [-0.2, 0) is 6.54 Å². The van der Waals surface area contributed by atoms with Crippen molar-refractivity contribution in [2.24, 2.45) is 0 Å². The number of halogens is 2. The SMILES string of the molecule is CN(C)c1ccc(CNC(=O)c2ccc(I)c(Cl)c2)cc1. The van der Waals surface area contributed by atoms with Crippen LogP contribution in [0.3, 0.4) is 0 Å². The third kappa shape index (κ3) is 4.35. The lowest BCUT2D eigenvalue weighted by Crippen LogP contribution is -2.22. The van der Waals surface area contributed by atoms with E-state index in [9.17, 15) is 4.79 Å². The molecule has 0 unspecified atom stereocenters. The van der Waals surface area contributed by atoms with Crippen LogP contribution in [0.15, 0.2) is 42.5 Å². The number of nitrogens with zero attached hydrogens (tertiary/aromatic N) is 1. The number of carbonyl (C=O) groups is 1. The van der Waals surface area contributed by atoms with Gasteiger partial charge in [-0.3, -0.25) is 4.79 Å². The number of hydrogen-bond donors (Lipinski definition) is 1. The highest BCUT2D eigenvalue weighted by Gasteiger charge is 2.07. The van der Waals surface area contributed by atoms with E-state index in [2.05, 4.69) is 27.9 Å². The maximum absolute atomic E-state index is 12.1. The zero-order valence-corrected chi connectivity index (χ0v) is 14.8. The van der Waals surface area contributed by atoms with E-state index in [-0.39, 0.29) is 5.91 Å². The molecular weight excluding hydrogens is 399 g/mol. The van der Waals surface area contributed by atoms with Gasteiger partial charge in [-0.25, -0.2) is 0 Å². The molecule has 0 bridgehead atoms. The second-order valence-corrected chi connectivity index (χ2v) is 6.44. The van der Waals surface area contributed by atoms with E-state index in [0.717, 1.165) is 14.8 Å². The number of hydrogen-bond acceptors (Lipinski definition) is 2. The van der Waals surface area contributed by atoms with Gasteiger partial charge in [0.05, 0.1) is 5.02 Å². The monoisotopic (exact) mass is 414 g/mol. The number of benzene rings is 2. The van der Waals surface area contributed by atoms with Crippen molar-refractivity contribution in [2.45, 2.75) is 6.54 Å². The van der Waals surface area contributed by atoms with Gasteiger partial charge >= 0.3 is 0 Å². The van der Waals surface area contributed by atoms with E-state index >= 15 is 0 Å². The highest BCUT2D eigenvalue weighted by molar-refractivity contribution is 14.1. The van der Waals surface area contributed by atoms with Gasteiger partial charge in [-0.2, -0.15) is 0 Å². The molecule has 0 saturated carbocycles. The average molecular weight is 415 g/mol. The van der Waals surface area contributed by atoms with Crippen LogP contribution in [0.25, 0.3) is 0 Å². The molecule has 0 atom stereocenters. The summed E-state index contributed by atoms with van der Waals surface area (Å²) in [6.45, 7) is 0.496. The maximum atomic E-state index is 12.1. The first-order valence-corrected chi connectivity index (χ1v) is 7.92. The van der Waals surface area contributed by atoms with Crippen LogP contribution < -0.4 is 10.2 Å². The van der Waals surface area contributed by atoms with Crippen molar-refractivity contribution >= 4 is 45.8 Å². The molecular formula is C16H16ClIN2O. The fourth-order valence-corrected chi connectivity index (χ4v) is 2.35. The molecule has 0 radical (unpaired) electrons. The summed E-state index contributed by atoms with van der Waals surface area (Å²) in [6, 6.07) is 13.4. The Bertz CT molecular complexity index is 641. The molecule has 0 aliphatic carbocycles. The van der Waals surface area contributed by atoms with E-state index in [0.29, 0.717) is 17.1 Å². The quantitative estimate of drug-likeness (QED) is 0.769. The molecule has 0 aromatic heterocycles. The number of anilines is 1. The fourth-order valence-electron chi connectivity index (χ4n) is 1.83. The maximum Gasteiger partial charge on any atom is 0.251 e. The van der Waals surface area contributed by atoms with Gasteiger partial charge < -0.3 is 10.2 Å². The van der Waals surface area contributed by atoms with Crippen LogP contribution in [0.1, 0.15) is 15.9 Å². The Morgan fingerprint density at radius 1 is 1.19 bits per heavy atom. The molecule has 1 amide bonds. The van der Waals surface area contributed by atoms with Gasteiger partial charge in [0.15, 0.2) is 0 Å². The molecule has 2 rings (SSSR count). The first-order valence-electron chi connectivity index (χ1n) is 6.47. The van der Waals surface area contributed by atoms with E-state index in [1.165, 1.54) is 0 Å². The van der Waals surface area contributed by atoms with Gasteiger partial charge in [0.25, 0.3) is 5.91 Å². The molecule has 21 heavy (non-hydrogen) atoms. The van der Waals surface area contributed by atoms with Crippen LogP contribution in [0, 0.1) is 3.57 Å². The van der Waals surface area contributed by atoms with Gasteiger partial charge in [0, 0.05) is 35.5 Å². The minimum absolute atomic E-state index is 0.120. The standard InChI is InChI=1S/C16H16ClIN2O/c1-20(2)13-6-3-11(4-7-13)10-19-16(21)12-5-8-15(18)14(17)9-12/h3-9H,10H2,1-2H3,(H,19,21). The highest BCUT2D eigenvalue weighted by Crippen LogP contribution is 2.19. The summed E-state index contributed by atoms with van der Waals surface area (Å²) in [5.74, 6) is -0.120. The normalized spacial score (nSPS) is 10.3. The van der Waals surface area contributed by atoms with Gasteiger partial charge in [-0.15, -0.1) is 0 Å². The first kappa shape index (κ1) is 16.1. The first-order chi connectivity index (χ1) is 9.97. The zero-order valence-electron chi connectivity index (χ0n) is 11.9. The largest absolute Gasteiger partial charge is 0.378 e. The molecule has 110 valence electrons. The van der Waals surface area contributed by atoms with E-state index in [1.807, 2.05) is 49.3 Å². The van der Waals surface area contributed by atoms with E-state index in [4.69, 9.17) is 11.6 Å². The molecule has 0 saturated heterocycles. The Balaban J connectivity index is 1.98. The lowest BCUT2D eigenvalue weighted by atomic mass is 10.1. The molecule has 0 aliphatic rings. The molecule has 0 heterocycles. The molecule has 3 nitrogen and oxygen atoms in total. The summed E-state index contributed by atoms with van der Waals surface area (Å²) in [5.41, 5.74) is 2.77. The minimum Gasteiger partial charge on any atom is -0.378 e. The van der Waals surface area contributed by atoms with Crippen LogP contribution in [-0.4, -0.2) is 20.0 Å². The topological polar surface area (TPSA) is 32.3 Å². The predicted octanol–water partition coefficient (Wildman–Crippen LogP) is 3.94. The van der Waals surface area contributed by atoms with Gasteiger partial charge in [0.2, 0.25) is 0 Å². The second kappa shape index (κ2) is 7.13. The summed E-state index contributed by atoms with van der Waals surface area (Å²) >= 11 is 8.17. The van der Waals surface area contributed by atoms with Gasteiger partial charge in [-0.05, 0) is 58.5 Å². The Labute approximate surface area is 143 Å². The third-order valence-corrected chi connectivity index (χ3v) is 4.66. The molecule has 0 spiro atoms. The summed E-state index contributed by atoms with van der Waals surface area (Å²) in [4.78, 5) is 14.1. The summed E-state index contributed by atoms with van der Waals surface area (Å²) in [6.07, 6.45) is 0. The van der Waals surface area contributed by atoms with Crippen LogP contribution >= 0.6 is 34.2 Å². The zero-order chi connectivity index (χ0) is 15.4. The van der Waals surface area contributed by atoms with Crippen LogP contribution in [0.4, 0.5) is 5.69 Å². The molecule has 5 heteroatoms. The average Bonchev–Trinajstić information content (AvgIpc) is 2.48. The lowest BCUT2D eigenvalue weighted by Gasteiger charge is -2.13. The predicted molar refractivity (Wildman–Crippen MR) is 96.1 cm³/mol. The summed E-state index contributed by atoms with van der Waals surface area (Å²) < 4.78 is 0.935. The van der Waals surface area contributed by atoms with Crippen molar-refractivity contribution in [3.8, 4) is 0 Å². The van der Waals surface area contributed by atoms with Crippen molar-refractivity contribution in [2.75, 3.05) is 19.0 Å². The molecule has 2 aromatic rings. The highest BCUT2D eigenvalue weighted by atomic mass is 127. The van der Waals surface area contributed by atoms with Gasteiger partial charge in [-0.1, -0.05) is 23.7 Å².